The van der Waals surface area contributed by atoms with Crippen LogP contribution in [0.15, 0.2) is 12.4 Å². The van der Waals surface area contributed by atoms with Crippen LogP contribution in [0.1, 0.15) is 0 Å². The van der Waals surface area contributed by atoms with Crippen molar-refractivity contribution in [2.75, 3.05) is 18.9 Å². The Bertz CT molecular complexity index is 385. The lowest BCUT2D eigenvalue weighted by Crippen LogP contribution is -2.32. The number of hydrogen-bond donors (Lipinski definition) is 2. The van der Waals surface area contributed by atoms with Gasteiger partial charge in [0.05, 0.1) is 0 Å². The van der Waals surface area contributed by atoms with Gasteiger partial charge in [0.2, 0.25) is 0 Å². The number of hydrazine groups is 1. The Morgan fingerprint density at radius 1 is 1.60 bits per heavy atom. The summed E-state index contributed by atoms with van der Waals surface area (Å²) in [5, 5.41) is 4.89. The van der Waals surface area contributed by atoms with Gasteiger partial charge >= 0.3 is 0 Å². The molecule has 0 aromatic carbocycles. The maximum atomic E-state index is 11.4. The molecule has 15 heavy (non-hydrogen) atoms. The lowest BCUT2D eigenvalue weighted by molar-refractivity contribution is -0.121. The molecule has 0 spiro atoms. The van der Waals surface area contributed by atoms with E-state index in [9.17, 15) is 4.79 Å². The van der Waals surface area contributed by atoms with Crippen LogP contribution in [-0.4, -0.2) is 40.5 Å². The highest BCUT2D eigenvalue weighted by atomic mass is 35.5. The minimum Gasteiger partial charge on any atom is -0.355 e. The summed E-state index contributed by atoms with van der Waals surface area (Å²) in [5.41, 5.74) is 2.65. The van der Waals surface area contributed by atoms with E-state index in [1.807, 2.05) is 0 Å². The Kier molecular flexibility index (Phi) is 2.70. The fraction of sp³-hybridized carbons (Fsp3) is 0.375. The molecule has 1 atom stereocenters. The van der Waals surface area contributed by atoms with Gasteiger partial charge in [0.1, 0.15) is 6.04 Å². The Labute approximate surface area is 91.6 Å². The van der Waals surface area contributed by atoms with Gasteiger partial charge in [-0.15, -0.1) is 0 Å². The summed E-state index contributed by atoms with van der Waals surface area (Å²) in [4.78, 5) is 19.3. The van der Waals surface area contributed by atoms with E-state index in [1.165, 1.54) is 12.4 Å². The van der Waals surface area contributed by atoms with Crippen LogP contribution >= 0.6 is 11.6 Å². The van der Waals surface area contributed by atoms with Crippen molar-refractivity contribution in [3.63, 3.8) is 0 Å². The summed E-state index contributed by atoms with van der Waals surface area (Å²) >= 11 is 5.81. The van der Waals surface area contributed by atoms with Gasteiger partial charge in [-0.2, -0.15) is 0 Å². The van der Waals surface area contributed by atoms with Crippen molar-refractivity contribution in [2.45, 2.75) is 6.04 Å². The topological polar surface area (TPSA) is 70.1 Å². The Hall–Kier alpha value is -1.40. The van der Waals surface area contributed by atoms with E-state index in [0.717, 1.165) is 0 Å². The third kappa shape index (κ3) is 2.16. The Balaban J connectivity index is 2.09. The zero-order valence-corrected chi connectivity index (χ0v) is 8.82. The van der Waals surface area contributed by atoms with E-state index < -0.39 is 0 Å². The van der Waals surface area contributed by atoms with Gasteiger partial charge in [-0.3, -0.25) is 10.2 Å². The quantitative estimate of drug-likeness (QED) is 0.738. The zero-order chi connectivity index (χ0) is 10.8. The van der Waals surface area contributed by atoms with E-state index in [0.29, 0.717) is 12.4 Å². The van der Waals surface area contributed by atoms with Crippen LogP contribution in [0.2, 0.25) is 5.15 Å². The van der Waals surface area contributed by atoms with Crippen LogP contribution in [0.4, 0.5) is 5.82 Å². The van der Waals surface area contributed by atoms with Gasteiger partial charge in [-0.05, 0) is 0 Å². The molecule has 80 valence electrons. The first kappa shape index (κ1) is 10.1. The number of amides is 1. The number of aromatic nitrogens is 2. The van der Waals surface area contributed by atoms with E-state index in [4.69, 9.17) is 11.6 Å². The molecule has 1 amide bonds. The molecule has 1 fully saturated rings. The molecular formula is C8H10ClN5O. The molecule has 2 heterocycles. The molecule has 6 nitrogen and oxygen atoms in total. The van der Waals surface area contributed by atoms with Gasteiger partial charge in [0, 0.05) is 26.0 Å². The van der Waals surface area contributed by atoms with Crippen molar-refractivity contribution in [3.05, 3.63) is 17.5 Å². The number of carbonyl (C=O) groups excluding carboxylic acids is 1. The third-order valence-corrected chi connectivity index (χ3v) is 2.32. The maximum Gasteiger partial charge on any atom is 0.258 e. The second-order valence-electron chi connectivity index (χ2n) is 3.25. The van der Waals surface area contributed by atoms with E-state index in [-0.39, 0.29) is 17.1 Å². The van der Waals surface area contributed by atoms with Crippen LogP contribution < -0.4 is 10.7 Å². The predicted octanol–water partition coefficient (Wildman–Crippen LogP) is -0.113. The highest BCUT2D eigenvalue weighted by Gasteiger charge is 2.28. The summed E-state index contributed by atoms with van der Waals surface area (Å²) in [6.45, 7) is 0.561. The Morgan fingerprint density at radius 2 is 2.33 bits per heavy atom. The molecule has 0 radical (unpaired) electrons. The molecule has 1 saturated heterocycles. The molecule has 1 unspecified atom stereocenters. The number of rotatable bonds is 2. The molecule has 1 aromatic heterocycles. The minimum absolute atomic E-state index is 0.0979. The van der Waals surface area contributed by atoms with Crippen LogP contribution in [0.3, 0.4) is 0 Å². The van der Waals surface area contributed by atoms with Crippen LogP contribution in [0, 0.1) is 0 Å². The minimum atomic E-state index is -0.343. The van der Waals surface area contributed by atoms with Crippen molar-refractivity contribution in [2.24, 2.45) is 0 Å². The van der Waals surface area contributed by atoms with Gasteiger partial charge in [0.15, 0.2) is 11.0 Å². The fourth-order valence-electron chi connectivity index (χ4n) is 1.36. The number of carbonyl (C=O) groups is 1. The van der Waals surface area contributed by atoms with Crippen molar-refractivity contribution < 1.29 is 4.79 Å². The molecule has 1 aromatic rings. The first-order valence-corrected chi connectivity index (χ1v) is 4.79. The number of likely N-dealkylation sites (N-methyl/N-ethyl adjacent to an activating group) is 1. The summed E-state index contributed by atoms with van der Waals surface area (Å²) in [6, 6.07) is -0.343. The van der Waals surface area contributed by atoms with Crippen molar-refractivity contribution >= 4 is 23.3 Å². The summed E-state index contributed by atoms with van der Waals surface area (Å²) in [6.07, 6.45) is 3.01. The highest BCUT2D eigenvalue weighted by Crippen LogP contribution is 2.16. The van der Waals surface area contributed by atoms with Crippen LogP contribution in [0.5, 0.6) is 0 Å². The molecule has 0 bridgehead atoms. The number of halogens is 1. The normalized spacial score (nSPS) is 21.5. The van der Waals surface area contributed by atoms with Crippen molar-refractivity contribution in [1.82, 2.24) is 20.4 Å². The number of nitrogens with one attached hydrogen (secondary N) is 2. The molecule has 0 saturated carbocycles. The SMILES string of the molecule is CN1CC(Nc2nccnc2Cl)C(=O)N1. The number of hydrogen-bond acceptors (Lipinski definition) is 5. The lowest BCUT2D eigenvalue weighted by atomic mass is 10.3. The van der Waals surface area contributed by atoms with Gasteiger partial charge < -0.3 is 5.32 Å². The maximum absolute atomic E-state index is 11.4. The van der Waals surface area contributed by atoms with E-state index in [2.05, 4.69) is 20.7 Å². The van der Waals surface area contributed by atoms with Gasteiger partial charge in [-0.25, -0.2) is 15.0 Å². The fourth-order valence-corrected chi connectivity index (χ4v) is 1.52. The van der Waals surface area contributed by atoms with Crippen LogP contribution in [0.25, 0.3) is 0 Å². The summed E-state index contributed by atoms with van der Waals surface area (Å²) in [7, 11) is 1.79. The van der Waals surface area contributed by atoms with E-state index >= 15 is 0 Å². The molecule has 2 N–H and O–H groups in total. The zero-order valence-electron chi connectivity index (χ0n) is 8.07. The molecule has 0 aliphatic carbocycles. The van der Waals surface area contributed by atoms with Gasteiger partial charge in [-0.1, -0.05) is 11.6 Å². The second-order valence-corrected chi connectivity index (χ2v) is 3.61. The molecule has 1 aliphatic rings. The summed E-state index contributed by atoms with van der Waals surface area (Å²) < 4.78 is 0. The second kappa shape index (κ2) is 4.00. The Morgan fingerprint density at radius 3 is 2.93 bits per heavy atom. The average molecular weight is 228 g/mol. The first-order valence-electron chi connectivity index (χ1n) is 4.41. The standard InChI is InChI=1S/C8H10ClN5O/c1-14-4-5(8(15)13-14)12-7-6(9)10-2-3-11-7/h2-3,5H,4H2,1H3,(H,11,12)(H,13,15). The van der Waals surface area contributed by atoms with Crippen molar-refractivity contribution in [1.29, 1.82) is 0 Å². The third-order valence-electron chi connectivity index (χ3n) is 2.04. The predicted molar refractivity (Wildman–Crippen MR) is 55.2 cm³/mol. The first-order chi connectivity index (χ1) is 7.16. The smallest absolute Gasteiger partial charge is 0.258 e. The molecule has 2 rings (SSSR count). The monoisotopic (exact) mass is 227 g/mol. The number of nitrogens with zero attached hydrogens (tertiary/aromatic N) is 3. The van der Waals surface area contributed by atoms with Gasteiger partial charge in [0.25, 0.3) is 5.91 Å². The molecular weight excluding hydrogens is 218 g/mol. The molecule has 1 aliphatic heterocycles. The van der Waals surface area contributed by atoms with Crippen LogP contribution in [-0.2, 0) is 4.79 Å². The number of anilines is 1. The lowest BCUT2D eigenvalue weighted by Gasteiger charge is -2.10. The average Bonchev–Trinajstić information content (AvgIpc) is 2.49. The summed E-state index contributed by atoms with van der Waals surface area (Å²) in [5.74, 6) is 0.328. The largest absolute Gasteiger partial charge is 0.355 e. The molecule has 7 heteroatoms. The highest BCUT2D eigenvalue weighted by molar-refractivity contribution is 6.31. The van der Waals surface area contributed by atoms with Crippen molar-refractivity contribution in [3.8, 4) is 0 Å². The van der Waals surface area contributed by atoms with E-state index in [1.54, 1.807) is 12.1 Å².